The van der Waals surface area contributed by atoms with Crippen molar-refractivity contribution >= 4 is 29.1 Å². The molecule has 0 aliphatic rings. The molecule has 3 aromatic rings. The van der Waals surface area contributed by atoms with Crippen molar-refractivity contribution in [1.82, 2.24) is 10.2 Å². The van der Waals surface area contributed by atoms with E-state index in [2.05, 4.69) is 10.2 Å². The smallest absolute Gasteiger partial charge is 0.319 e. The van der Waals surface area contributed by atoms with Gasteiger partial charge in [-0.2, -0.15) is 4.39 Å². The molecule has 0 N–H and O–H groups in total. The van der Waals surface area contributed by atoms with E-state index in [-0.39, 0.29) is 21.8 Å². The van der Waals surface area contributed by atoms with Gasteiger partial charge < -0.3 is 9.15 Å². The molecule has 0 atom stereocenters. The summed E-state index contributed by atoms with van der Waals surface area (Å²) in [5, 5.41) is 19.2. The second kappa shape index (κ2) is 7.08. The summed E-state index contributed by atoms with van der Waals surface area (Å²) in [4.78, 5) is 10.3. The van der Waals surface area contributed by atoms with E-state index < -0.39 is 16.4 Å². The molecule has 1 aromatic heterocycles. The van der Waals surface area contributed by atoms with Gasteiger partial charge in [0.1, 0.15) is 10.6 Å². The summed E-state index contributed by atoms with van der Waals surface area (Å²) in [6.45, 7) is 0. The summed E-state index contributed by atoms with van der Waals surface area (Å²) < 4.78 is 24.4. The Labute approximate surface area is 149 Å². The van der Waals surface area contributed by atoms with Gasteiger partial charge in [-0.15, -0.1) is 10.2 Å². The van der Waals surface area contributed by atoms with Crippen LogP contribution < -0.4 is 4.74 Å². The fourth-order valence-electron chi connectivity index (χ4n) is 2.01. The molecule has 0 aliphatic heterocycles. The number of nitro groups is 1. The van der Waals surface area contributed by atoms with Crippen molar-refractivity contribution in [2.24, 2.45) is 0 Å². The van der Waals surface area contributed by atoms with E-state index in [0.717, 1.165) is 17.8 Å². The lowest BCUT2D eigenvalue weighted by Crippen LogP contribution is -1.96. The number of nitro benzene ring substituents is 1. The fraction of sp³-hybridized carbons (Fsp3) is 0.0667. The number of ether oxygens (including phenoxy) is 1. The van der Waals surface area contributed by atoms with E-state index in [1.165, 1.54) is 13.2 Å². The van der Waals surface area contributed by atoms with Crippen LogP contribution in [0.25, 0.3) is 11.5 Å². The minimum atomic E-state index is -1.02. The summed E-state index contributed by atoms with van der Waals surface area (Å²) in [6.07, 6.45) is 0. The third-order valence-corrected chi connectivity index (χ3v) is 4.33. The molecule has 1 heterocycles. The van der Waals surface area contributed by atoms with Crippen LogP contribution in [-0.4, -0.2) is 22.2 Å². The molecule has 7 nitrogen and oxygen atoms in total. The van der Waals surface area contributed by atoms with Crippen LogP contribution in [0.5, 0.6) is 5.75 Å². The van der Waals surface area contributed by atoms with Crippen molar-refractivity contribution in [2.45, 2.75) is 10.1 Å². The number of nitrogens with zero attached hydrogens (tertiary/aromatic N) is 3. The predicted octanol–water partition coefficient (Wildman–Crippen LogP) is 4.60. The Balaban J connectivity index is 1.97. The van der Waals surface area contributed by atoms with Crippen LogP contribution in [0, 0.1) is 15.9 Å². The topological polar surface area (TPSA) is 91.3 Å². The summed E-state index contributed by atoms with van der Waals surface area (Å²) >= 11 is 6.83. The number of hydrogen-bond donors (Lipinski definition) is 0. The second-order valence-electron chi connectivity index (χ2n) is 4.67. The number of halogens is 2. The zero-order valence-corrected chi connectivity index (χ0v) is 14.2. The number of hydrogen-bond acceptors (Lipinski definition) is 7. The monoisotopic (exact) mass is 381 g/mol. The first-order chi connectivity index (χ1) is 12.0. The first kappa shape index (κ1) is 17.2. The minimum Gasteiger partial charge on any atom is -0.497 e. The molecule has 0 bridgehead atoms. The highest BCUT2D eigenvalue weighted by molar-refractivity contribution is 7.99. The maximum Gasteiger partial charge on any atom is 0.319 e. The zero-order chi connectivity index (χ0) is 18.0. The van der Waals surface area contributed by atoms with E-state index in [4.69, 9.17) is 20.8 Å². The molecule has 0 saturated carbocycles. The highest BCUT2D eigenvalue weighted by Crippen LogP contribution is 2.39. The molecule has 0 amide bonds. The molecule has 0 unspecified atom stereocenters. The molecule has 3 rings (SSSR count). The van der Waals surface area contributed by atoms with Crippen LogP contribution in [0.4, 0.5) is 10.1 Å². The van der Waals surface area contributed by atoms with Crippen molar-refractivity contribution in [1.29, 1.82) is 0 Å². The fourth-order valence-corrected chi connectivity index (χ4v) is 3.06. The van der Waals surface area contributed by atoms with Crippen LogP contribution in [0.2, 0.25) is 5.02 Å². The molecule has 0 fully saturated rings. The molecule has 0 radical (unpaired) electrons. The van der Waals surface area contributed by atoms with Crippen molar-refractivity contribution in [3.63, 3.8) is 0 Å². The van der Waals surface area contributed by atoms with Gasteiger partial charge in [-0.25, -0.2) is 0 Å². The van der Waals surface area contributed by atoms with Gasteiger partial charge in [0, 0.05) is 12.1 Å². The third-order valence-electron chi connectivity index (χ3n) is 3.13. The number of rotatable bonds is 5. The van der Waals surface area contributed by atoms with Crippen molar-refractivity contribution in [2.75, 3.05) is 7.11 Å². The Kier molecular flexibility index (Phi) is 4.86. The standard InChI is InChI=1S/C15H9ClFN3O4S/c1-23-8-6-11(17)13(20(21)22)12(7-8)25-15-19-18-14(24-15)9-4-2-3-5-10(9)16/h2-7H,1H3. The van der Waals surface area contributed by atoms with Gasteiger partial charge in [0.05, 0.1) is 22.6 Å². The molecule has 2 aromatic carbocycles. The van der Waals surface area contributed by atoms with Crippen molar-refractivity contribution < 1.29 is 18.5 Å². The maximum absolute atomic E-state index is 14.0. The lowest BCUT2D eigenvalue weighted by Gasteiger charge is -2.04. The van der Waals surface area contributed by atoms with Gasteiger partial charge in [0.15, 0.2) is 0 Å². The molecule has 0 spiro atoms. The number of aromatic nitrogens is 2. The van der Waals surface area contributed by atoms with E-state index in [1.807, 2.05) is 0 Å². The zero-order valence-electron chi connectivity index (χ0n) is 12.6. The van der Waals surface area contributed by atoms with E-state index >= 15 is 0 Å². The average Bonchev–Trinajstić information content (AvgIpc) is 3.02. The Morgan fingerprint density at radius 3 is 2.76 bits per heavy atom. The Hall–Kier alpha value is -2.65. The van der Waals surface area contributed by atoms with E-state index in [1.54, 1.807) is 24.3 Å². The van der Waals surface area contributed by atoms with Gasteiger partial charge in [0.2, 0.25) is 11.7 Å². The lowest BCUT2D eigenvalue weighted by molar-refractivity contribution is -0.390. The molecular weight excluding hydrogens is 373 g/mol. The van der Waals surface area contributed by atoms with Crippen LogP contribution in [-0.2, 0) is 0 Å². The summed E-state index contributed by atoms with van der Waals surface area (Å²) in [5.74, 6) is -0.728. The van der Waals surface area contributed by atoms with Crippen molar-refractivity contribution in [3.8, 4) is 17.2 Å². The Bertz CT molecular complexity index is 950. The lowest BCUT2D eigenvalue weighted by atomic mass is 10.2. The van der Waals surface area contributed by atoms with Gasteiger partial charge in [0.25, 0.3) is 5.22 Å². The van der Waals surface area contributed by atoms with E-state index in [9.17, 15) is 14.5 Å². The van der Waals surface area contributed by atoms with Gasteiger partial charge in [-0.3, -0.25) is 10.1 Å². The molecule has 128 valence electrons. The number of benzene rings is 2. The van der Waals surface area contributed by atoms with Crippen LogP contribution in [0.15, 0.2) is 50.9 Å². The second-order valence-corrected chi connectivity index (χ2v) is 6.07. The van der Waals surface area contributed by atoms with Crippen LogP contribution in [0.3, 0.4) is 0 Å². The predicted molar refractivity (Wildman–Crippen MR) is 88.5 cm³/mol. The van der Waals surface area contributed by atoms with Gasteiger partial charge in [-0.1, -0.05) is 23.7 Å². The number of methoxy groups -OCH3 is 1. The highest BCUT2D eigenvalue weighted by Gasteiger charge is 2.25. The molecule has 0 saturated heterocycles. The summed E-state index contributed by atoms with van der Waals surface area (Å²) in [5.41, 5.74) is -0.168. The third kappa shape index (κ3) is 3.57. The maximum atomic E-state index is 14.0. The Morgan fingerprint density at radius 2 is 2.08 bits per heavy atom. The van der Waals surface area contributed by atoms with E-state index in [0.29, 0.717) is 10.6 Å². The SMILES string of the molecule is COc1cc(F)c([N+](=O)[O-])c(Sc2nnc(-c3ccccc3Cl)o2)c1. The normalized spacial score (nSPS) is 10.7. The largest absolute Gasteiger partial charge is 0.497 e. The molecular formula is C15H9ClFN3O4S. The quantitative estimate of drug-likeness (QED) is 0.471. The average molecular weight is 382 g/mol. The minimum absolute atomic E-state index is 0.00525. The Morgan fingerprint density at radius 1 is 1.32 bits per heavy atom. The van der Waals surface area contributed by atoms with Gasteiger partial charge >= 0.3 is 5.69 Å². The van der Waals surface area contributed by atoms with Crippen molar-refractivity contribution in [3.05, 3.63) is 57.4 Å². The molecule has 25 heavy (non-hydrogen) atoms. The van der Waals surface area contributed by atoms with Crippen LogP contribution >= 0.6 is 23.4 Å². The molecule has 0 aliphatic carbocycles. The molecule has 10 heteroatoms. The first-order valence-electron chi connectivity index (χ1n) is 6.77. The summed E-state index contributed by atoms with van der Waals surface area (Å²) in [6, 6.07) is 9.12. The van der Waals surface area contributed by atoms with Crippen LogP contribution in [0.1, 0.15) is 0 Å². The summed E-state index contributed by atoms with van der Waals surface area (Å²) in [7, 11) is 1.33. The first-order valence-corrected chi connectivity index (χ1v) is 7.97. The van der Waals surface area contributed by atoms with Gasteiger partial charge in [-0.05, 0) is 23.9 Å². The highest BCUT2D eigenvalue weighted by atomic mass is 35.5.